The number of nitrogens with two attached hydrogens (primary N) is 1. The standard InChI is InChI=1S/C10H16IN3O2/c1-10(2,3)16-9(15)14-4-6(8(11)13)7(12)5-14/h13H,4-5,12H2,1-3H3. The first-order valence-electron chi connectivity index (χ1n) is 4.90. The minimum Gasteiger partial charge on any atom is -0.444 e. The minimum absolute atomic E-state index is 0.343. The van der Waals surface area contributed by atoms with E-state index in [1.54, 1.807) is 0 Å². The molecule has 90 valence electrons. The number of nitrogens with zero attached hydrogens (tertiary/aromatic N) is 1. The average Bonchev–Trinajstić information content (AvgIpc) is 2.44. The Morgan fingerprint density at radius 1 is 1.50 bits per heavy atom. The van der Waals surface area contributed by atoms with E-state index < -0.39 is 5.60 Å². The predicted molar refractivity (Wildman–Crippen MR) is 70.8 cm³/mol. The van der Waals surface area contributed by atoms with Crippen molar-refractivity contribution in [3.63, 3.8) is 0 Å². The molecular formula is C10H16IN3O2. The summed E-state index contributed by atoms with van der Waals surface area (Å²) in [5, 5.41) is 7.50. The normalized spacial score (nSPS) is 16.6. The van der Waals surface area contributed by atoms with Crippen molar-refractivity contribution >= 4 is 32.4 Å². The molecular weight excluding hydrogens is 321 g/mol. The van der Waals surface area contributed by atoms with E-state index in [1.807, 2.05) is 43.4 Å². The predicted octanol–water partition coefficient (Wildman–Crippen LogP) is 1.86. The molecule has 0 unspecified atom stereocenters. The van der Waals surface area contributed by atoms with Gasteiger partial charge in [-0.05, 0) is 43.4 Å². The molecule has 0 aliphatic carbocycles. The van der Waals surface area contributed by atoms with Gasteiger partial charge < -0.3 is 10.5 Å². The van der Waals surface area contributed by atoms with E-state index in [2.05, 4.69) is 0 Å². The number of carbonyl (C=O) groups is 1. The van der Waals surface area contributed by atoms with Crippen molar-refractivity contribution in [2.24, 2.45) is 5.73 Å². The van der Waals surface area contributed by atoms with Gasteiger partial charge in [0.05, 0.1) is 16.8 Å². The van der Waals surface area contributed by atoms with Gasteiger partial charge in [-0.15, -0.1) is 0 Å². The van der Waals surface area contributed by atoms with Crippen molar-refractivity contribution in [1.29, 1.82) is 5.41 Å². The molecule has 0 spiro atoms. The van der Waals surface area contributed by atoms with Gasteiger partial charge in [-0.2, -0.15) is 0 Å². The van der Waals surface area contributed by atoms with Gasteiger partial charge in [0.2, 0.25) is 0 Å². The highest BCUT2D eigenvalue weighted by Crippen LogP contribution is 2.20. The molecule has 0 aromatic rings. The molecule has 3 N–H and O–H groups in total. The van der Waals surface area contributed by atoms with Gasteiger partial charge in [-0.3, -0.25) is 10.3 Å². The van der Waals surface area contributed by atoms with Crippen LogP contribution >= 0.6 is 22.6 Å². The number of carbonyl (C=O) groups excluding carboxylic acids is 1. The fourth-order valence-electron chi connectivity index (χ4n) is 1.32. The van der Waals surface area contributed by atoms with Crippen molar-refractivity contribution in [3.05, 3.63) is 11.3 Å². The molecule has 1 aliphatic rings. The number of rotatable bonds is 1. The van der Waals surface area contributed by atoms with Gasteiger partial charge in [-0.1, -0.05) is 0 Å². The van der Waals surface area contributed by atoms with Crippen LogP contribution in [0.2, 0.25) is 0 Å². The molecule has 0 aromatic heterocycles. The minimum atomic E-state index is -0.508. The molecule has 6 heteroatoms. The van der Waals surface area contributed by atoms with E-state index in [9.17, 15) is 4.79 Å². The van der Waals surface area contributed by atoms with Gasteiger partial charge in [0.1, 0.15) is 5.60 Å². The van der Waals surface area contributed by atoms with E-state index in [0.29, 0.717) is 28.1 Å². The van der Waals surface area contributed by atoms with Crippen LogP contribution in [0.5, 0.6) is 0 Å². The van der Waals surface area contributed by atoms with Crippen LogP contribution in [0.3, 0.4) is 0 Å². The Bertz CT molecular complexity index is 358. The molecule has 1 heterocycles. The number of halogens is 1. The molecule has 5 nitrogen and oxygen atoms in total. The zero-order valence-corrected chi connectivity index (χ0v) is 11.8. The van der Waals surface area contributed by atoms with Gasteiger partial charge >= 0.3 is 6.09 Å². The molecule has 1 rings (SSSR count). The Morgan fingerprint density at radius 2 is 2.06 bits per heavy atom. The Kier molecular flexibility index (Phi) is 3.82. The van der Waals surface area contributed by atoms with Crippen LogP contribution in [0.15, 0.2) is 11.3 Å². The van der Waals surface area contributed by atoms with Gasteiger partial charge in [0, 0.05) is 11.3 Å². The second kappa shape index (κ2) is 4.60. The Balaban J connectivity index is 2.63. The maximum Gasteiger partial charge on any atom is 0.410 e. The number of hydrogen-bond donors (Lipinski definition) is 2. The zero-order chi connectivity index (χ0) is 12.5. The lowest BCUT2D eigenvalue weighted by atomic mass is 10.2. The highest BCUT2D eigenvalue weighted by Gasteiger charge is 2.29. The largest absolute Gasteiger partial charge is 0.444 e. The van der Waals surface area contributed by atoms with Crippen LogP contribution < -0.4 is 5.73 Å². The number of nitrogens with one attached hydrogen (secondary N) is 1. The third kappa shape index (κ3) is 3.36. The SMILES string of the molecule is CC(C)(C)OC(=O)N1CC(N)=C(C(=N)I)C1. The summed E-state index contributed by atoms with van der Waals surface area (Å²) in [5.41, 5.74) is 6.54. The second-order valence-electron chi connectivity index (χ2n) is 4.65. The van der Waals surface area contributed by atoms with E-state index in [-0.39, 0.29) is 6.09 Å². The molecule has 0 atom stereocenters. The Hall–Kier alpha value is -0.790. The third-order valence-corrected chi connectivity index (χ3v) is 2.67. The summed E-state index contributed by atoms with van der Waals surface area (Å²) in [6.45, 7) is 6.16. The molecule has 1 aliphatic heterocycles. The summed E-state index contributed by atoms with van der Waals surface area (Å²) in [6.07, 6.45) is -0.386. The van der Waals surface area contributed by atoms with E-state index in [1.165, 1.54) is 4.90 Å². The Morgan fingerprint density at radius 3 is 2.44 bits per heavy atom. The van der Waals surface area contributed by atoms with Crippen LogP contribution in [0.4, 0.5) is 4.79 Å². The molecule has 0 aromatic carbocycles. The monoisotopic (exact) mass is 337 g/mol. The maximum absolute atomic E-state index is 11.7. The molecule has 0 saturated heterocycles. The van der Waals surface area contributed by atoms with Crippen molar-refractivity contribution < 1.29 is 9.53 Å². The first-order chi connectivity index (χ1) is 7.20. The molecule has 0 bridgehead atoms. The molecule has 16 heavy (non-hydrogen) atoms. The first-order valence-corrected chi connectivity index (χ1v) is 5.98. The topological polar surface area (TPSA) is 79.4 Å². The van der Waals surface area contributed by atoms with Crippen molar-refractivity contribution in [1.82, 2.24) is 4.90 Å². The maximum atomic E-state index is 11.7. The van der Waals surface area contributed by atoms with Crippen LogP contribution in [0.1, 0.15) is 20.8 Å². The van der Waals surface area contributed by atoms with Crippen molar-refractivity contribution in [3.8, 4) is 0 Å². The lowest BCUT2D eigenvalue weighted by Crippen LogP contribution is -2.36. The smallest absolute Gasteiger partial charge is 0.410 e. The highest BCUT2D eigenvalue weighted by atomic mass is 127. The summed E-state index contributed by atoms with van der Waals surface area (Å²) in [7, 11) is 0. The zero-order valence-electron chi connectivity index (χ0n) is 9.63. The van der Waals surface area contributed by atoms with E-state index in [4.69, 9.17) is 15.9 Å². The first kappa shape index (κ1) is 13.3. The van der Waals surface area contributed by atoms with Crippen LogP contribution in [0, 0.1) is 5.41 Å². The van der Waals surface area contributed by atoms with Crippen LogP contribution in [-0.4, -0.2) is 33.4 Å². The van der Waals surface area contributed by atoms with Crippen LogP contribution in [-0.2, 0) is 4.74 Å². The average molecular weight is 337 g/mol. The molecule has 1 amide bonds. The van der Waals surface area contributed by atoms with Crippen molar-refractivity contribution in [2.45, 2.75) is 26.4 Å². The van der Waals surface area contributed by atoms with Gasteiger partial charge in [-0.25, -0.2) is 4.79 Å². The highest BCUT2D eigenvalue weighted by molar-refractivity contribution is 14.1. The van der Waals surface area contributed by atoms with Gasteiger partial charge in [0.15, 0.2) is 0 Å². The molecule has 0 fully saturated rings. The number of hydrogen-bond acceptors (Lipinski definition) is 4. The van der Waals surface area contributed by atoms with Crippen molar-refractivity contribution in [2.75, 3.05) is 13.1 Å². The van der Waals surface area contributed by atoms with Gasteiger partial charge in [0.25, 0.3) is 0 Å². The fourth-order valence-corrected chi connectivity index (χ4v) is 1.83. The third-order valence-electron chi connectivity index (χ3n) is 2.01. The summed E-state index contributed by atoms with van der Waals surface area (Å²) >= 11 is 1.89. The lowest BCUT2D eigenvalue weighted by Gasteiger charge is -2.24. The van der Waals surface area contributed by atoms with E-state index in [0.717, 1.165) is 0 Å². The summed E-state index contributed by atoms with van der Waals surface area (Å²) in [4.78, 5) is 13.2. The van der Waals surface area contributed by atoms with Crippen LogP contribution in [0.25, 0.3) is 0 Å². The summed E-state index contributed by atoms with van der Waals surface area (Å²) < 4.78 is 5.61. The number of amides is 1. The summed E-state index contributed by atoms with van der Waals surface area (Å²) in [5.74, 6) is 0. The quantitative estimate of drug-likeness (QED) is 0.566. The second-order valence-corrected chi connectivity index (χ2v) is 5.73. The summed E-state index contributed by atoms with van der Waals surface area (Å²) in [6, 6.07) is 0. The lowest BCUT2D eigenvalue weighted by molar-refractivity contribution is 0.0300. The molecule has 0 saturated carbocycles. The van der Waals surface area contributed by atoms with E-state index >= 15 is 0 Å². The number of ether oxygens (including phenoxy) is 1. The molecule has 0 radical (unpaired) electrons. The Labute approximate surface area is 109 Å². The fraction of sp³-hybridized carbons (Fsp3) is 0.600.